The number of nitrogens with one attached hydrogen (secondary N) is 2. The quantitative estimate of drug-likeness (QED) is 0.564. The highest BCUT2D eigenvalue weighted by molar-refractivity contribution is 7.99. The van der Waals surface area contributed by atoms with Crippen LogP contribution in [0.25, 0.3) is 0 Å². The van der Waals surface area contributed by atoms with Crippen LogP contribution in [0.2, 0.25) is 0 Å². The van der Waals surface area contributed by atoms with Crippen molar-refractivity contribution in [3.8, 4) is 0 Å². The van der Waals surface area contributed by atoms with E-state index in [9.17, 15) is 4.79 Å². The summed E-state index contributed by atoms with van der Waals surface area (Å²) in [6.07, 6.45) is 0. The van der Waals surface area contributed by atoms with Crippen LogP contribution >= 0.6 is 11.8 Å². The Labute approximate surface area is 108 Å². The van der Waals surface area contributed by atoms with Crippen molar-refractivity contribution in [3.63, 3.8) is 0 Å². The topological polar surface area (TPSA) is 101 Å². The van der Waals surface area contributed by atoms with Gasteiger partial charge in [0.15, 0.2) is 5.16 Å². The van der Waals surface area contributed by atoms with Crippen LogP contribution in [-0.4, -0.2) is 20.6 Å². The standard InChI is InChI=1S/C11H13N5OS/c1-6-5-7(3-4-8(6)9(12)13)18-11-15-14-10(17)16(11)2/h3-5H,1-2H3,(H3,12,13)(H,14,17). The molecule has 6 nitrogen and oxygen atoms in total. The van der Waals surface area contributed by atoms with Gasteiger partial charge >= 0.3 is 5.69 Å². The van der Waals surface area contributed by atoms with Gasteiger partial charge in [0.25, 0.3) is 0 Å². The first kappa shape index (κ1) is 12.4. The van der Waals surface area contributed by atoms with Gasteiger partial charge in [-0.15, -0.1) is 5.10 Å². The lowest BCUT2D eigenvalue weighted by molar-refractivity contribution is 0.766. The molecule has 2 rings (SSSR count). The molecule has 1 aromatic heterocycles. The lowest BCUT2D eigenvalue weighted by Gasteiger charge is -2.06. The Bertz CT molecular complexity index is 658. The molecule has 4 N–H and O–H groups in total. The second kappa shape index (κ2) is 4.69. The monoisotopic (exact) mass is 263 g/mol. The molecule has 7 heteroatoms. The number of aryl methyl sites for hydroxylation is 1. The molecular formula is C11H13N5OS. The van der Waals surface area contributed by atoms with Crippen LogP contribution in [0.3, 0.4) is 0 Å². The summed E-state index contributed by atoms with van der Waals surface area (Å²) in [7, 11) is 1.66. The van der Waals surface area contributed by atoms with E-state index in [0.29, 0.717) is 5.16 Å². The van der Waals surface area contributed by atoms with Crippen LogP contribution in [-0.2, 0) is 7.05 Å². The number of hydrogen-bond acceptors (Lipinski definition) is 4. The van der Waals surface area contributed by atoms with Crippen LogP contribution in [0.1, 0.15) is 11.1 Å². The summed E-state index contributed by atoms with van der Waals surface area (Å²) < 4.78 is 1.44. The molecule has 94 valence electrons. The third-order valence-electron chi connectivity index (χ3n) is 2.54. The van der Waals surface area contributed by atoms with Gasteiger partial charge in [0, 0.05) is 17.5 Å². The molecule has 0 radical (unpaired) electrons. The zero-order chi connectivity index (χ0) is 13.3. The molecule has 2 aromatic rings. The van der Waals surface area contributed by atoms with Crippen molar-refractivity contribution < 1.29 is 0 Å². The van der Waals surface area contributed by atoms with Crippen LogP contribution in [0.5, 0.6) is 0 Å². The first-order valence-electron chi connectivity index (χ1n) is 5.23. The van der Waals surface area contributed by atoms with Gasteiger partial charge in [0.1, 0.15) is 5.84 Å². The van der Waals surface area contributed by atoms with E-state index in [4.69, 9.17) is 11.1 Å². The maximum Gasteiger partial charge on any atom is 0.343 e. The van der Waals surface area contributed by atoms with Gasteiger partial charge in [-0.3, -0.25) is 9.98 Å². The Morgan fingerprint density at radius 1 is 1.56 bits per heavy atom. The molecule has 0 saturated heterocycles. The predicted octanol–water partition coefficient (Wildman–Crippen LogP) is 0.852. The highest BCUT2D eigenvalue weighted by atomic mass is 32.2. The molecule has 18 heavy (non-hydrogen) atoms. The Morgan fingerprint density at radius 3 is 2.78 bits per heavy atom. The number of amidine groups is 1. The summed E-state index contributed by atoms with van der Waals surface area (Å²) in [6, 6.07) is 5.57. The maximum absolute atomic E-state index is 11.2. The molecule has 0 unspecified atom stereocenters. The minimum atomic E-state index is -0.241. The smallest absolute Gasteiger partial charge is 0.343 e. The number of nitrogens with two attached hydrogens (primary N) is 1. The Kier molecular flexibility index (Phi) is 3.24. The third-order valence-corrected chi connectivity index (χ3v) is 3.57. The summed E-state index contributed by atoms with van der Waals surface area (Å²) in [6.45, 7) is 1.89. The lowest BCUT2D eigenvalue weighted by Crippen LogP contribution is -2.13. The van der Waals surface area contributed by atoms with Gasteiger partial charge in [-0.25, -0.2) is 9.89 Å². The zero-order valence-electron chi connectivity index (χ0n) is 10.0. The molecule has 1 heterocycles. The van der Waals surface area contributed by atoms with Crippen molar-refractivity contribution >= 4 is 17.6 Å². The summed E-state index contributed by atoms with van der Waals surface area (Å²) >= 11 is 1.38. The van der Waals surface area contributed by atoms with Crippen LogP contribution in [0.15, 0.2) is 33.0 Å². The predicted molar refractivity (Wildman–Crippen MR) is 70.1 cm³/mol. The molecule has 0 aliphatic rings. The van der Waals surface area contributed by atoms with E-state index < -0.39 is 0 Å². The van der Waals surface area contributed by atoms with Crippen LogP contribution < -0.4 is 11.4 Å². The van der Waals surface area contributed by atoms with Gasteiger partial charge in [0.05, 0.1) is 0 Å². The first-order chi connectivity index (χ1) is 8.49. The van der Waals surface area contributed by atoms with E-state index in [1.165, 1.54) is 16.3 Å². The average molecular weight is 263 g/mol. The highest BCUT2D eigenvalue weighted by Gasteiger charge is 2.08. The third kappa shape index (κ3) is 2.30. The second-order valence-corrected chi connectivity index (χ2v) is 4.90. The van der Waals surface area contributed by atoms with Gasteiger partial charge < -0.3 is 5.73 Å². The molecule has 0 fully saturated rings. The van der Waals surface area contributed by atoms with E-state index in [2.05, 4.69) is 10.2 Å². The van der Waals surface area contributed by atoms with Crippen molar-refractivity contribution in [1.29, 1.82) is 5.41 Å². The molecule has 0 bridgehead atoms. The second-order valence-electron chi connectivity index (χ2n) is 3.86. The van der Waals surface area contributed by atoms with E-state index in [-0.39, 0.29) is 11.5 Å². The average Bonchev–Trinajstić information content (AvgIpc) is 2.61. The molecule has 1 aromatic carbocycles. The molecule has 0 aliphatic heterocycles. The Balaban J connectivity index is 2.31. The van der Waals surface area contributed by atoms with Gasteiger partial charge in [-0.05, 0) is 42.4 Å². The van der Waals surface area contributed by atoms with Gasteiger partial charge in [-0.2, -0.15) is 0 Å². The minimum Gasteiger partial charge on any atom is -0.384 e. The fourth-order valence-electron chi connectivity index (χ4n) is 1.53. The molecule has 0 aliphatic carbocycles. The van der Waals surface area contributed by atoms with E-state index in [1.54, 1.807) is 13.1 Å². The number of nitrogen functional groups attached to an aromatic ring is 1. The Morgan fingerprint density at radius 2 is 2.28 bits per heavy atom. The van der Waals surface area contributed by atoms with E-state index in [0.717, 1.165) is 16.0 Å². The van der Waals surface area contributed by atoms with E-state index in [1.807, 2.05) is 19.1 Å². The number of nitrogens with zero attached hydrogens (tertiary/aromatic N) is 2. The molecular weight excluding hydrogens is 250 g/mol. The fraction of sp³-hybridized carbons (Fsp3) is 0.182. The lowest BCUT2D eigenvalue weighted by atomic mass is 10.1. The largest absolute Gasteiger partial charge is 0.384 e. The van der Waals surface area contributed by atoms with Crippen molar-refractivity contribution in [3.05, 3.63) is 39.8 Å². The summed E-state index contributed by atoms with van der Waals surface area (Å²) in [5, 5.41) is 14.3. The van der Waals surface area contributed by atoms with Crippen molar-refractivity contribution in [1.82, 2.24) is 14.8 Å². The number of H-pyrrole nitrogens is 1. The van der Waals surface area contributed by atoms with Gasteiger partial charge in [0.2, 0.25) is 0 Å². The number of benzene rings is 1. The highest BCUT2D eigenvalue weighted by Crippen LogP contribution is 2.26. The molecule has 0 atom stereocenters. The van der Waals surface area contributed by atoms with Gasteiger partial charge in [-0.1, -0.05) is 0 Å². The summed E-state index contributed by atoms with van der Waals surface area (Å²) in [5.41, 5.74) is 6.86. The number of rotatable bonds is 3. The molecule has 0 saturated carbocycles. The van der Waals surface area contributed by atoms with Crippen LogP contribution in [0.4, 0.5) is 0 Å². The van der Waals surface area contributed by atoms with Crippen molar-refractivity contribution in [2.45, 2.75) is 17.0 Å². The van der Waals surface area contributed by atoms with Crippen molar-refractivity contribution in [2.75, 3.05) is 0 Å². The number of aromatic nitrogens is 3. The van der Waals surface area contributed by atoms with Crippen molar-refractivity contribution in [2.24, 2.45) is 12.8 Å². The Hall–Kier alpha value is -2.02. The zero-order valence-corrected chi connectivity index (χ0v) is 10.8. The summed E-state index contributed by atoms with van der Waals surface area (Å²) in [4.78, 5) is 12.2. The number of hydrogen-bond donors (Lipinski definition) is 3. The van der Waals surface area contributed by atoms with E-state index >= 15 is 0 Å². The fourth-order valence-corrected chi connectivity index (χ4v) is 2.42. The van der Waals surface area contributed by atoms with Crippen LogP contribution in [0, 0.1) is 12.3 Å². The summed E-state index contributed by atoms with van der Waals surface area (Å²) in [5.74, 6) is 0.0521. The number of aromatic amines is 1. The molecule has 0 amide bonds. The SMILES string of the molecule is Cc1cc(Sc2n[nH]c(=O)n2C)ccc1C(=N)N. The molecule has 0 spiro atoms. The normalized spacial score (nSPS) is 10.6. The maximum atomic E-state index is 11.2. The first-order valence-corrected chi connectivity index (χ1v) is 6.05. The minimum absolute atomic E-state index is 0.0521.